The fraction of sp³-hybridized carbons (Fsp3) is 1.00. The standard InChI is InChI=1S/C29H52O/c1-7-21(19(2)3)9-8-20(4)25-12-13-26-24-11-10-22-18-23(30)14-16-28(22,5)27(24)15-17-29(25,26)6/h19-27,30H,7-18H2,1-6H3/t20-,21?,22?,23+,24+,25-,26+,27+,28+,29-/m1/s1. The molecule has 0 spiro atoms. The molecule has 174 valence electrons. The Hall–Kier alpha value is -0.0400. The van der Waals surface area contributed by atoms with Crippen molar-refractivity contribution >= 4 is 0 Å². The van der Waals surface area contributed by atoms with Gasteiger partial charge in [0.2, 0.25) is 0 Å². The molecule has 0 aliphatic heterocycles. The normalized spacial score (nSPS) is 48.0. The minimum Gasteiger partial charge on any atom is -0.393 e. The highest BCUT2D eigenvalue weighted by Crippen LogP contribution is 2.68. The molecule has 0 amide bonds. The first kappa shape index (κ1) is 23.1. The van der Waals surface area contributed by atoms with Crippen molar-refractivity contribution in [3.63, 3.8) is 0 Å². The van der Waals surface area contributed by atoms with Gasteiger partial charge in [-0.05, 0) is 122 Å². The van der Waals surface area contributed by atoms with E-state index in [1.54, 1.807) is 0 Å². The second-order valence-electron chi connectivity index (χ2n) is 13.3. The Morgan fingerprint density at radius 3 is 2.23 bits per heavy atom. The zero-order chi connectivity index (χ0) is 21.7. The van der Waals surface area contributed by atoms with E-state index in [-0.39, 0.29) is 6.10 Å². The van der Waals surface area contributed by atoms with Gasteiger partial charge in [0.1, 0.15) is 0 Å². The van der Waals surface area contributed by atoms with Crippen LogP contribution in [0, 0.1) is 58.2 Å². The molecule has 0 radical (unpaired) electrons. The number of hydrogen-bond acceptors (Lipinski definition) is 1. The molecule has 4 fully saturated rings. The van der Waals surface area contributed by atoms with E-state index in [4.69, 9.17) is 0 Å². The monoisotopic (exact) mass is 416 g/mol. The summed E-state index contributed by atoms with van der Waals surface area (Å²) in [6, 6.07) is 0. The lowest BCUT2D eigenvalue weighted by Crippen LogP contribution is -2.54. The highest BCUT2D eigenvalue weighted by molar-refractivity contribution is 5.09. The molecule has 4 aliphatic carbocycles. The third-order valence-corrected chi connectivity index (χ3v) is 11.9. The Bertz CT molecular complexity index is 583. The molecule has 10 atom stereocenters. The van der Waals surface area contributed by atoms with E-state index in [1.807, 2.05) is 0 Å². The number of fused-ring (bicyclic) bond motifs is 5. The zero-order valence-corrected chi connectivity index (χ0v) is 21.1. The van der Waals surface area contributed by atoms with Gasteiger partial charge < -0.3 is 5.11 Å². The summed E-state index contributed by atoms with van der Waals surface area (Å²) in [7, 11) is 0. The second-order valence-corrected chi connectivity index (χ2v) is 13.3. The van der Waals surface area contributed by atoms with Gasteiger partial charge in [-0.3, -0.25) is 0 Å². The first-order chi connectivity index (χ1) is 14.2. The van der Waals surface area contributed by atoms with Gasteiger partial charge >= 0.3 is 0 Å². The molecular formula is C29H52O. The Morgan fingerprint density at radius 2 is 1.53 bits per heavy atom. The van der Waals surface area contributed by atoms with E-state index >= 15 is 0 Å². The summed E-state index contributed by atoms with van der Waals surface area (Å²) < 4.78 is 0. The highest BCUT2D eigenvalue weighted by Gasteiger charge is 2.60. The van der Waals surface area contributed by atoms with Crippen molar-refractivity contribution in [3.05, 3.63) is 0 Å². The van der Waals surface area contributed by atoms with Crippen LogP contribution in [0.25, 0.3) is 0 Å². The maximum absolute atomic E-state index is 10.3. The van der Waals surface area contributed by atoms with Crippen molar-refractivity contribution in [2.75, 3.05) is 0 Å². The zero-order valence-electron chi connectivity index (χ0n) is 21.1. The summed E-state index contributed by atoms with van der Waals surface area (Å²) in [5, 5.41) is 10.3. The largest absolute Gasteiger partial charge is 0.393 e. The highest BCUT2D eigenvalue weighted by atomic mass is 16.3. The molecule has 0 bridgehead atoms. The van der Waals surface area contributed by atoms with Crippen LogP contribution in [0.15, 0.2) is 0 Å². The van der Waals surface area contributed by atoms with Crippen LogP contribution in [0.4, 0.5) is 0 Å². The van der Waals surface area contributed by atoms with E-state index in [9.17, 15) is 5.11 Å². The number of aliphatic hydroxyl groups is 1. The molecule has 4 rings (SSSR count). The number of aliphatic hydroxyl groups excluding tert-OH is 1. The van der Waals surface area contributed by atoms with Gasteiger partial charge in [0, 0.05) is 0 Å². The van der Waals surface area contributed by atoms with Gasteiger partial charge in [-0.25, -0.2) is 0 Å². The first-order valence-electron chi connectivity index (χ1n) is 13.9. The van der Waals surface area contributed by atoms with E-state index in [1.165, 1.54) is 64.2 Å². The molecule has 0 saturated heterocycles. The molecule has 1 heteroatoms. The fourth-order valence-corrected chi connectivity index (χ4v) is 9.90. The summed E-state index contributed by atoms with van der Waals surface area (Å²) in [5.41, 5.74) is 1.14. The lowest BCUT2D eigenvalue weighted by molar-refractivity contribution is -0.129. The van der Waals surface area contributed by atoms with Crippen LogP contribution in [0.1, 0.15) is 119 Å². The minimum absolute atomic E-state index is 0.0111. The quantitative estimate of drug-likeness (QED) is 0.463. The average Bonchev–Trinajstić information content (AvgIpc) is 3.06. The van der Waals surface area contributed by atoms with Gasteiger partial charge in [0.05, 0.1) is 6.10 Å². The van der Waals surface area contributed by atoms with Gasteiger partial charge in [0.25, 0.3) is 0 Å². The Kier molecular flexibility index (Phi) is 6.72. The number of hydrogen-bond donors (Lipinski definition) is 1. The van der Waals surface area contributed by atoms with Crippen molar-refractivity contribution in [3.8, 4) is 0 Å². The van der Waals surface area contributed by atoms with Gasteiger partial charge in [-0.2, -0.15) is 0 Å². The minimum atomic E-state index is -0.0111. The van der Waals surface area contributed by atoms with E-state index in [2.05, 4.69) is 41.5 Å². The summed E-state index contributed by atoms with van der Waals surface area (Å²) in [6.07, 6.45) is 16.5. The molecule has 0 aromatic rings. The predicted molar refractivity (Wildman–Crippen MR) is 128 cm³/mol. The van der Waals surface area contributed by atoms with Crippen molar-refractivity contribution in [2.24, 2.45) is 58.2 Å². The molecule has 0 heterocycles. The van der Waals surface area contributed by atoms with Crippen molar-refractivity contribution in [1.82, 2.24) is 0 Å². The summed E-state index contributed by atoms with van der Waals surface area (Å²) >= 11 is 0. The van der Waals surface area contributed by atoms with Crippen LogP contribution in [-0.4, -0.2) is 11.2 Å². The van der Waals surface area contributed by atoms with E-state index < -0.39 is 0 Å². The molecule has 4 saturated carbocycles. The van der Waals surface area contributed by atoms with Crippen LogP contribution in [0.3, 0.4) is 0 Å². The Balaban J connectivity index is 1.45. The summed E-state index contributed by atoms with van der Waals surface area (Å²) in [6.45, 7) is 15.2. The third-order valence-electron chi connectivity index (χ3n) is 11.9. The maximum atomic E-state index is 10.3. The van der Waals surface area contributed by atoms with Crippen molar-refractivity contribution in [1.29, 1.82) is 0 Å². The van der Waals surface area contributed by atoms with Crippen molar-refractivity contribution in [2.45, 2.75) is 125 Å². The molecule has 2 unspecified atom stereocenters. The Morgan fingerprint density at radius 1 is 0.833 bits per heavy atom. The van der Waals surface area contributed by atoms with Gasteiger partial charge in [-0.15, -0.1) is 0 Å². The molecular weight excluding hydrogens is 364 g/mol. The maximum Gasteiger partial charge on any atom is 0.0543 e. The predicted octanol–water partition coefficient (Wildman–Crippen LogP) is 8.10. The third kappa shape index (κ3) is 3.82. The lowest BCUT2D eigenvalue weighted by Gasteiger charge is -2.61. The Labute approximate surface area is 188 Å². The van der Waals surface area contributed by atoms with Crippen molar-refractivity contribution < 1.29 is 5.11 Å². The fourth-order valence-electron chi connectivity index (χ4n) is 9.90. The smallest absolute Gasteiger partial charge is 0.0543 e. The molecule has 1 N–H and O–H groups in total. The van der Waals surface area contributed by atoms with Crippen LogP contribution in [-0.2, 0) is 0 Å². The number of rotatable bonds is 6. The van der Waals surface area contributed by atoms with Crippen LogP contribution < -0.4 is 0 Å². The topological polar surface area (TPSA) is 20.2 Å². The van der Waals surface area contributed by atoms with E-state index in [0.29, 0.717) is 10.8 Å². The molecule has 30 heavy (non-hydrogen) atoms. The summed E-state index contributed by atoms with van der Waals surface area (Å²) in [4.78, 5) is 0. The van der Waals surface area contributed by atoms with E-state index in [0.717, 1.165) is 60.2 Å². The van der Waals surface area contributed by atoms with Gasteiger partial charge in [-0.1, -0.05) is 54.4 Å². The molecule has 0 aromatic carbocycles. The van der Waals surface area contributed by atoms with Crippen LogP contribution in [0.2, 0.25) is 0 Å². The second kappa shape index (κ2) is 8.72. The van der Waals surface area contributed by atoms with Crippen LogP contribution >= 0.6 is 0 Å². The SMILES string of the molecule is CCC(CC[C@@H](C)[C@H]1CC[C@H]2[C@@H]3CCC4C[C@@H](O)CC[C@]4(C)[C@H]3CC[C@]12C)C(C)C. The van der Waals surface area contributed by atoms with Crippen LogP contribution in [0.5, 0.6) is 0 Å². The first-order valence-corrected chi connectivity index (χ1v) is 13.9. The average molecular weight is 417 g/mol. The lowest BCUT2D eigenvalue weighted by atomic mass is 9.44. The molecule has 4 aliphatic rings. The molecule has 0 aromatic heterocycles. The summed E-state index contributed by atoms with van der Waals surface area (Å²) in [5.74, 6) is 7.34. The van der Waals surface area contributed by atoms with Gasteiger partial charge in [0.15, 0.2) is 0 Å². The molecule has 1 nitrogen and oxygen atoms in total.